The van der Waals surface area contributed by atoms with E-state index in [0.717, 1.165) is 30.5 Å². The van der Waals surface area contributed by atoms with Crippen LogP contribution in [0.1, 0.15) is 53.0 Å². The number of fused-ring (bicyclic) bond motifs is 1. The normalized spacial score (nSPS) is 17.4. The number of allylic oxidation sites excluding steroid dienone is 3. The summed E-state index contributed by atoms with van der Waals surface area (Å²) >= 11 is 0. The summed E-state index contributed by atoms with van der Waals surface area (Å²) in [5.74, 6) is 2.08. The van der Waals surface area contributed by atoms with Crippen LogP contribution in [-0.4, -0.2) is 20.4 Å². The van der Waals surface area contributed by atoms with Crippen LogP contribution in [0.15, 0.2) is 46.9 Å². The maximum atomic E-state index is 6.79. The molecule has 2 aromatic rings. The van der Waals surface area contributed by atoms with Crippen molar-refractivity contribution in [2.75, 3.05) is 7.11 Å². The summed E-state index contributed by atoms with van der Waals surface area (Å²) in [6.07, 6.45) is 5.26. The monoisotopic (exact) mass is 397 g/mol. The lowest BCUT2D eigenvalue weighted by molar-refractivity contribution is 0.391. The minimum atomic E-state index is -1.85. The zero-order valence-corrected chi connectivity index (χ0v) is 19.7. The van der Waals surface area contributed by atoms with Crippen molar-refractivity contribution < 1.29 is 9.16 Å². The van der Waals surface area contributed by atoms with Gasteiger partial charge in [-0.2, -0.15) is 0 Å². The van der Waals surface area contributed by atoms with Gasteiger partial charge in [0.25, 0.3) is 0 Å². The molecule has 1 aromatic heterocycles. The number of aromatic amines is 1. The Morgan fingerprint density at radius 3 is 2.54 bits per heavy atom. The first-order valence-corrected chi connectivity index (χ1v) is 13.2. The lowest BCUT2D eigenvalue weighted by atomic mass is 9.99. The van der Waals surface area contributed by atoms with Crippen molar-refractivity contribution in [1.29, 1.82) is 0 Å². The van der Waals surface area contributed by atoms with Crippen molar-refractivity contribution in [3.63, 3.8) is 0 Å². The maximum Gasteiger partial charge on any atom is 0.250 e. The van der Waals surface area contributed by atoms with E-state index in [0.29, 0.717) is 0 Å². The number of hydrogen-bond donors (Lipinski definition) is 1. The molecule has 3 nitrogen and oxygen atoms in total. The highest BCUT2D eigenvalue weighted by atomic mass is 28.4. The molecule has 4 heteroatoms. The Labute approximate surface area is 171 Å². The molecule has 28 heavy (non-hydrogen) atoms. The van der Waals surface area contributed by atoms with Gasteiger partial charge in [0.15, 0.2) is 0 Å². The molecule has 0 amide bonds. The fourth-order valence-electron chi connectivity index (χ4n) is 3.58. The Bertz CT molecular complexity index is 941. The average molecular weight is 398 g/mol. The molecule has 1 aliphatic rings. The fourth-order valence-corrected chi connectivity index (χ4v) is 4.70. The van der Waals surface area contributed by atoms with Crippen LogP contribution in [0.3, 0.4) is 0 Å². The van der Waals surface area contributed by atoms with Crippen LogP contribution >= 0.6 is 0 Å². The first-order chi connectivity index (χ1) is 13.0. The molecule has 0 unspecified atom stereocenters. The van der Waals surface area contributed by atoms with Crippen LogP contribution in [0.4, 0.5) is 0 Å². The van der Waals surface area contributed by atoms with E-state index < -0.39 is 8.32 Å². The molecule has 152 valence electrons. The molecular formula is C24H35NO2Si. The minimum Gasteiger partial charge on any atom is -0.543 e. The molecule has 0 spiro atoms. The number of hydrogen-bond acceptors (Lipinski definition) is 2. The summed E-state index contributed by atoms with van der Waals surface area (Å²) in [6, 6.07) is 6.22. The second kappa shape index (κ2) is 7.47. The van der Waals surface area contributed by atoms with Gasteiger partial charge in [0.05, 0.1) is 7.11 Å². The predicted octanol–water partition coefficient (Wildman–Crippen LogP) is 7.13. The topological polar surface area (TPSA) is 34.2 Å². The van der Waals surface area contributed by atoms with Gasteiger partial charge in [-0.15, -0.1) is 0 Å². The van der Waals surface area contributed by atoms with E-state index in [4.69, 9.17) is 9.16 Å². The highest BCUT2D eigenvalue weighted by Crippen LogP contribution is 2.43. The number of ether oxygens (including phenoxy) is 1. The van der Waals surface area contributed by atoms with E-state index in [-0.39, 0.29) is 5.04 Å². The van der Waals surface area contributed by atoms with E-state index in [1.807, 2.05) is 6.07 Å². The standard InChI is InChI=1S/C24H35NO2Si/c1-16-9-11-20(23(16)27-28(7,8)24(3,4)5)17(2)13-18-15-25-22-12-10-19(26-6)14-21(18)22/h10,12,14-15,25H,9,11,13H2,1-8H3/b20-17-. The Balaban J connectivity index is 1.92. The molecule has 1 aliphatic carbocycles. The van der Waals surface area contributed by atoms with Gasteiger partial charge in [-0.1, -0.05) is 26.3 Å². The van der Waals surface area contributed by atoms with Gasteiger partial charge in [-0.3, -0.25) is 0 Å². The predicted molar refractivity (Wildman–Crippen MR) is 121 cm³/mol. The van der Waals surface area contributed by atoms with Gasteiger partial charge in [0.1, 0.15) is 11.5 Å². The first kappa shape index (κ1) is 20.8. The zero-order valence-electron chi connectivity index (χ0n) is 18.7. The average Bonchev–Trinajstić information content (AvgIpc) is 3.17. The number of benzene rings is 1. The van der Waals surface area contributed by atoms with Crippen molar-refractivity contribution in [2.24, 2.45) is 0 Å². The Morgan fingerprint density at radius 2 is 1.89 bits per heavy atom. The summed E-state index contributed by atoms with van der Waals surface area (Å²) in [7, 11) is -0.130. The molecule has 1 aromatic carbocycles. The van der Waals surface area contributed by atoms with Crippen molar-refractivity contribution in [3.05, 3.63) is 52.4 Å². The van der Waals surface area contributed by atoms with E-state index in [9.17, 15) is 0 Å². The highest BCUT2D eigenvalue weighted by molar-refractivity contribution is 6.74. The number of methoxy groups -OCH3 is 1. The Morgan fingerprint density at radius 1 is 1.18 bits per heavy atom. The van der Waals surface area contributed by atoms with Crippen molar-refractivity contribution in [2.45, 2.75) is 72.0 Å². The molecule has 0 bridgehead atoms. The van der Waals surface area contributed by atoms with Crippen LogP contribution in [0, 0.1) is 0 Å². The number of rotatable bonds is 5. The summed E-state index contributed by atoms with van der Waals surface area (Å²) in [4.78, 5) is 3.40. The van der Waals surface area contributed by atoms with E-state index in [1.165, 1.54) is 33.4 Å². The smallest absolute Gasteiger partial charge is 0.250 e. The number of aromatic nitrogens is 1. The van der Waals surface area contributed by atoms with Crippen molar-refractivity contribution >= 4 is 19.2 Å². The summed E-state index contributed by atoms with van der Waals surface area (Å²) in [5.41, 5.74) is 6.70. The zero-order chi connectivity index (χ0) is 20.7. The molecule has 0 radical (unpaired) electrons. The molecule has 0 aliphatic heterocycles. The van der Waals surface area contributed by atoms with Crippen molar-refractivity contribution in [3.8, 4) is 5.75 Å². The molecular weight excluding hydrogens is 362 g/mol. The van der Waals surface area contributed by atoms with Crippen LogP contribution in [-0.2, 0) is 10.8 Å². The Kier molecular flexibility index (Phi) is 5.55. The minimum absolute atomic E-state index is 0.204. The van der Waals surface area contributed by atoms with Crippen LogP contribution in [0.25, 0.3) is 10.9 Å². The molecule has 3 rings (SSSR count). The summed E-state index contributed by atoms with van der Waals surface area (Å²) < 4.78 is 12.2. The molecule has 0 fully saturated rings. The fraction of sp³-hybridized carbons (Fsp3) is 0.500. The molecule has 0 saturated carbocycles. The number of H-pyrrole nitrogens is 1. The van der Waals surface area contributed by atoms with Gasteiger partial charge in [0, 0.05) is 17.1 Å². The third-order valence-corrected chi connectivity index (χ3v) is 10.8. The third kappa shape index (κ3) is 3.93. The molecule has 1 heterocycles. The Hall–Kier alpha value is -1.94. The van der Waals surface area contributed by atoms with Gasteiger partial charge in [-0.05, 0) is 86.2 Å². The third-order valence-electron chi connectivity index (χ3n) is 6.52. The first-order valence-electron chi connectivity index (χ1n) is 10.3. The van der Waals surface area contributed by atoms with Gasteiger partial charge in [-0.25, -0.2) is 0 Å². The molecule has 1 N–H and O–H groups in total. The van der Waals surface area contributed by atoms with Crippen LogP contribution < -0.4 is 4.74 Å². The quantitative estimate of drug-likeness (QED) is 0.545. The second-order valence-corrected chi connectivity index (χ2v) is 14.4. The molecule has 0 saturated heterocycles. The maximum absolute atomic E-state index is 6.79. The summed E-state index contributed by atoms with van der Waals surface area (Å²) in [5, 5.41) is 1.44. The SMILES string of the molecule is COc1ccc2[nH]cc(C/C(C)=C3/CCC(C)=C3O[Si](C)(C)C(C)(C)C)c2c1. The second-order valence-electron chi connectivity index (χ2n) is 9.63. The van der Waals surface area contributed by atoms with Gasteiger partial charge >= 0.3 is 0 Å². The van der Waals surface area contributed by atoms with E-state index in [1.54, 1.807) is 7.11 Å². The van der Waals surface area contributed by atoms with Gasteiger partial charge in [0.2, 0.25) is 8.32 Å². The lowest BCUT2D eigenvalue weighted by Gasteiger charge is -2.37. The molecule has 0 atom stereocenters. The van der Waals surface area contributed by atoms with Crippen LogP contribution in [0.5, 0.6) is 5.75 Å². The highest BCUT2D eigenvalue weighted by Gasteiger charge is 2.40. The van der Waals surface area contributed by atoms with E-state index in [2.05, 4.69) is 71.0 Å². The largest absolute Gasteiger partial charge is 0.543 e. The lowest BCUT2D eigenvalue weighted by Crippen LogP contribution is -2.40. The van der Waals surface area contributed by atoms with E-state index >= 15 is 0 Å². The number of nitrogens with one attached hydrogen (secondary N) is 1. The summed E-state index contributed by atoms with van der Waals surface area (Å²) in [6.45, 7) is 16.1. The van der Waals surface area contributed by atoms with Crippen molar-refractivity contribution in [1.82, 2.24) is 4.98 Å². The van der Waals surface area contributed by atoms with Gasteiger partial charge < -0.3 is 14.1 Å². The van der Waals surface area contributed by atoms with Crippen LogP contribution in [0.2, 0.25) is 18.1 Å².